The molecule has 0 spiro atoms. The monoisotopic (exact) mass is 336 g/mol. The molecule has 126 valence electrons. The molecule has 3 aromatic carbocycles. The fourth-order valence-electron chi connectivity index (χ4n) is 2.55. The van der Waals surface area contributed by atoms with Crippen molar-refractivity contribution >= 4 is 12.2 Å². The Bertz CT molecular complexity index is 941. The van der Waals surface area contributed by atoms with Gasteiger partial charge in [0.1, 0.15) is 6.10 Å². The fraction of sp³-hybridized carbons (Fsp3) is 0.0400. The number of aliphatic hydroxyl groups excluding tert-OH is 1. The summed E-state index contributed by atoms with van der Waals surface area (Å²) in [6, 6.07) is 27.6. The zero-order valence-electron chi connectivity index (χ0n) is 14.4. The van der Waals surface area contributed by atoms with Crippen molar-refractivity contribution in [3.8, 4) is 11.8 Å². The lowest BCUT2D eigenvalue weighted by atomic mass is 10.0. The van der Waals surface area contributed by atoms with Gasteiger partial charge in [-0.1, -0.05) is 109 Å². The summed E-state index contributed by atoms with van der Waals surface area (Å²) in [6.45, 7) is 0. The van der Waals surface area contributed by atoms with Gasteiger partial charge < -0.3 is 5.11 Å². The van der Waals surface area contributed by atoms with Gasteiger partial charge in [0, 0.05) is 5.56 Å². The van der Waals surface area contributed by atoms with Gasteiger partial charge >= 0.3 is 0 Å². The Morgan fingerprint density at radius 3 is 2.08 bits per heavy atom. The van der Waals surface area contributed by atoms with Crippen LogP contribution in [0.15, 0.2) is 97.1 Å². The van der Waals surface area contributed by atoms with Crippen molar-refractivity contribution in [3.05, 3.63) is 119 Å². The van der Waals surface area contributed by atoms with Crippen LogP contribution >= 0.6 is 0 Å². The Kier molecular flexibility index (Phi) is 6.20. The quantitative estimate of drug-likeness (QED) is 0.493. The van der Waals surface area contributed by atoms with Crippen LogP contribution in [-0.4, -0.2) is 5.11 Å². The van der Waals surface area contributed by atoms with Gasteiger partial charge in [0.2, 0.25) is 0 Å². The number of aliphatic hydroxyl groups is 1. The van der Waals surface area contributed by atoms with Crippen molar-refractivity contribution in [1.82, 2.24) is 0 Å². The summed E-state index contributed by atoms with van der Waals surface area (Å²) in [5.41, 5.74) is 3.81. The number of rotatable bonds is 4. The summed E-state index contributed by atoms with van der Waals surface area (Å²) in [7, 11) is 0. The normalized spacial score (nSPS) is 12.0. The van der Waals surface area contributed by atoms with Crippen LogP contribution in [0.4, 0.5) is 0 Å². The average Bonchev–Trinajstić information content (AvgIpc) is 2.71. The number of allylic oxidation sites excluding steroid dienone is 2. The molecule has 0 fully saturated rings. The van der Waals surface area contributed by atoms with Crippen LogP contribution in [0, 0.1) is 11.8 Å². The van der Waals surface area contributed by atoms with Crippen molar-refractivity contribution in [1.29, 1.82) is 0 Å². The van der Waals surface area contributed by atoms with Crippen LogP contribution in [-0.2, 0) is 0 Å². The molecule has 0 aliphatic rings. The molecular formula is C25H20O. The maximum atomic E-state index is 10.5. The minimum atomic E-state index is -0.825. The van der Waals surface area contributed by atoms with E-state index in [-0.39, 0.29) is 0 Å². The summed E-state index contributed by atoms with van der Waals surface area (Å²) >= 11 is 0. The maximum Gasteiger partial charge on any atom is 0.141 e. The highest BCUT2D eigenvalue weighted by atomic mass is 16.3. The van der Waals surface area contributed by atoms with Crippen LogP contribution in [0.1, 0.15) is 28.4 Å². The molecule has 0 aliphatic carbocycles. The summed E-state index contributed by atoms with van der Waals surface area (Å²) in [6.07, 6.45) is 7.18. The van der Waals surface area contributed by atoms with E-state index >= 15 is 0 Å². The smallest absolute Gasteiger partial charge is 0.141 e. The molecule has 1 heteroatoms. The Morgan fingerprint density at radius 1 is 0.692 bits per heavy atom. The van der Waals surface area contributed by atoms with Crippen molar-refractivity contribution in [3.63, 3.8) is 0 Å². The van der Waals surface area contributed by atoms with Gasteiger partial charge in [-0.3, -0.25) is 0 Å². The Labute approximate surface area is 155 Å². The van der Waals surface area contributed by atoms with Crippen molar-refractivity contribution in [2.45, 2.75) is 6.10 Å². The average molecular weight is 336 g/mol. The molecule has 1 nitrogen and oxygen atoms in total. The molecule has 0 saturated heterocycles. The molecule has 1 N–H and O–H groups in total. The maximum absolute atomic E-state index is 10.5. The predicted octanol–water partition coefficient (Wildman–Crippen LogP) is 5.50. The molecule has 0 saturated carbocycles. The minimum Gasteiger partial charge on any atom is -0.376 e. The highest BCUT2D eigenvalue weighted by Crippen LogP contribution is 2.19. The van der Waals surface area contributed by atoms with E-state index in [0.29, 0.717) is 0 Å². The molecule has 0 radical (unpaired) electrons. The van der Waals surface area contributed by atoms with Gasteiger partial charge in [-0.2, -0.15) is 0 Å². The zero-order valence-corrected chi connectivity index (χ0v) is 14.4. The van der Waals surface area contributed by atoms with Gasteiger partial charge in [-0.25, -0.2) is 0 Å². The van der Waals surface area contributed by atoms with Crippen LogP contribution in [0.25, 0.3) is 12.2 Å². The van der Waals surface area contributed by atoms with Gasteiger partial charge in [-0.05, 0) is 28.8 Å². The molecule has 0 aliphatic heterocycles. The first-order valence-corrected chi connectivity index (χ1v) is 8.56. The van der Waals surface area contributed by atoms with Gasteiger partial charge in [-0.15, -0.1) is 0 Å². The molecule has 0 aromatic heterocycles. The van der Waals surface area contributed by atoms with Gasteiger partial charge in [0.05, 0.1) is 0 Å². The van der Waals surface area contributed by atoms with E-state index in [1.54, 1.807) is 0 Å². The molecule has 1 atom stereocenters. The number of benzene rings is 3. The first kappa shape index (κ1) is 17.5. The lowest BCUT2D eigenvalue weighted by molar-refractivity contribution is 0.238. The zero-order chi connectivity index (χ0) is 18.0. The van der Waals surface area contributed by atoms with E-state index < -0.39 is 6.10 Å². The molecule has 3 rings (SSSR count). The molecule has 0 bridgehead atoms. The standard InChI is InChI=1S/C25H20O/c26-25(20-19-22-13-5-2-6-14-22)24-18-10-9-17-23(24)16-8-7-15-21-11-3-1-4-12-21/h1-18,25-26H/b15-7+,16-8+. The summed E-state index contributed by atoms with van der Waals surface area (Å²) in [4.78, 5) is 0. The largest absolute Gasteiger partial charge is 0.376 e. The van der Waals surface area contributed by atoms with Crippen LogP contribution in [0.5, 0.6) is 0 Å². The van der Waals surface area contributed by atoms with Gasteiger partial charge in [0.15, 0.2) is 0 Å². The highest BCUT2D eigenvalue weighted by Gasteiger charge is 2.07. The first-order chi connectivity index (χ1) is 12.8. The summed E-state index contributed by atoms with van der Waals surface area (Å²) in [5, 5.41) is 10.5. The van der Waals surface area contributed by atoms with Gasteiger partial charge in [0.25, 0.3) is 0 Å². The first-order valence-electron chi connectivity index (χ1n) is 8.56. The molecular weight excluding hydrogens is 316 g/mol. The van der Waals surface area contributed by atoms with Crippen LogP contribution < -0.4 is 0 Å². The SMILES string of the molecule is OC(C#Cc1ccccc1)c1ccccc1/C=C/C=C/c1ccccc1. The second-order valence-corrected chi connectivity index (χ2v) is 5.80. The Hall–Kier alpha value is -3.34. The lowest BCUT2D eigenvalue weighted by Gasteiger charge is -2.07. The third-order valence-corrected chi connectivity index (χ3v) is 3.89. The van der Waals surface area contributed by atoms with Crippen molar-refractivity contribution in [2.24, 2.45) is 0 Å². The van der Waals surface area contributed by atoms with Crippen molar-refractivity contribution < 1.29 is 5.11 Å². The molecule has 1 unspecified atom stereocenters. The highest BCUT2D eigenvalue weighted by molar-refractivity contribution is 5.60. The molecule has 26 heavy (non-hydrogen) atoms. The second-order valence-electron chi connectivity index (χ2n) is 5.80. The Morgan fingerprint density at radius 2 is 1.31 bits per heavy atom. The third-order valence-electron chi connectivity index (χ3n) is 3.89. The Balaban J connectivity index is 1.74. The fourth-order valence-corrected chi connectivity index (χ4v) is 2.55. The molecule has 0 amide bonds. The topological polar surface area (TPSA) is 20.2 Å². The van der Waals surface area contributed by atoms with E-state index in [1.165, 1.54) is 0 Å². The molecule has 0 heterocycles. The van der Waals surface area contributed by atoms with E-state index in [1.807, 2.05) is 97.1 Å². The van der Waals surface area contributed by atoms with E-state index in [2.05, 4.69) is 24.0 Å². The summed E-state index contributed by atoms with van der Waals surface area (Å²) < 4.78 is 0. The number of hydrogen-bond acceptors (Lipinski definition) is 1. The second kappa shape index (κ2) is 9.22. The van der Waals surface area contributed by atoms with E-state index in [0.717, 1.165) is 22.3 Å². The minimum absolute atomic E-state index is 0.806. The van der Waals surface area contributed by atoms with Crippen molar-refractivity contribution in [2.75, 3.05) is 0 Å². The van der Waals surface area contributed by atoms with E-state index in [9.17, 15) is 5.11 Å². The number of hydrogen-bond donors (Lipinski definition) is 1. The van der Waals surface area contributed by atoms with E-state index in [4.69, 9.17) is 0 Å². The summed E-state index contributed by atoms with van der Waals surface area (Å²) in [5.74, 6) is 5.95. The lowest BCUT2D eigenvalue weighted by Crippen LogP contribution is -1.96. The predicted molar refractivity (Wildman–Crippen MR) is 109 cm³/mol. The molecule has 3 aromatic rings. The third kappa shape index (κ3) is 5.08. The van der Waals surface area contributed by atoms with Crippen LogP contribution in [0.2, 0.25) is 0 Å². The van der Waals surface area contributed by atoms with Crippen LogP contribution in [0.3, 0.4) is 0 Å².